The Hall–Kier alpha value is -1.10. The molecule has 0 spiro atoms. The number of hydrogen-bond donors (Lipinski definition) is 3. The van der Waals surface area contributed by atoms with E-state index in [-0.39, 0.29) is 5.92 Å². The summed E-state index contributed by atoms with van der Waals surface area (Å²) in [6, 6.07) is 7.43. The third-order valence-electron chi connectivity index (χ3n) is 4.40. The lowest BCUT2D eigenvalue weighted by molar-refractivity contribution is -0.0339. The smallest absolute Gasteiger partial charge is 0.119 e. The second-order valence-corrected chi connectivity index (χ2v) is 6.30. The van der Waals surface area contributed by atoms with Crippen LogP contribution in [-0.4, -0.2) is 29.0 Å². The van der Waals surface area contributed by atoms with Gasteiger partial charge in [-0.05, 0) is 43.0 Å². The van der Waals surface area contributed by atoms with Crippen LogP contribution in [-0.2, 0) is 0 Å². The minimum absolute atomic E-state index is 0.00257. The highest BCUT2D eigenvalue weighted by Gasteiger charge is 2.30. The van der Waals surface area contributed by atoms with E-state index >= 15 is 0 Å². The molecule has 1 aliphatic carbocycles. The van der Waals surface area contributed by atoms with Gasteiger partial charge in [-0.25, -0.2) is 0 Å². The summed E-state index contributed by atoms with van der Waals surface area (Å²) >= 11 is 0. The summed E-state index contributed by atoms with van der Waals surface area (Å²) in [7, 11) is 0. The van der Waals surface area contributed by atoms with Crippen molar-refractivity contribution in [3.63, 3.8) is 0 Å². The highest BCUT2D eigenvalue weighted by atomic mass is 16.5. The molecule has 0 bridgehead atoms. The summed E-state index contributed by atoms with van der Waals surface area (Å²) in [6.07, 6.45) is 4.34. The van der Waals surface area contributed by atoms with E-state index in [1.165, 1.54) is 6.42 Å². The van der Waals surface area contributed by atoms with E-state index in [0.717, 1.165) is 31.2 Å². The summed E-state index contributed by atoms with van der Waals surface area (Å²) < 4.78 is 5.76. The molecule has 21 heavy (non-hydrogen) atoms. The van der Waals surface area contributed by atoms with Crippen molar-refractivity contribution in [1.82, 2.24) is 0 Å². The average molecular weight is 293 g/mol. The van der Waals surface area contributed by atoms with Crippen LogP contribution >= 0.6 is 0 Å². The van der Waals surface area contributed by atoms with E-state index in [1.54, 1.807) is 0 Å². The molecule has 1 aromatic carbocycles. The fourth-order valence-electron chi connectivity index (χ4n) is 2.82. The zero-order valence-electron chi connectivity index (χ0n) is 12.8. The zero-order valence-corrected chi connectivity index (χ0v) is 12.8. The molecule has 1 aromatic rings. The third kappa shape index (κ3) is 4.43. The van der Waals surface area contributed by atoms with Crippen LogP contribution in [0.3, 0.4) is 0 Å². The molecule has 0 heterocycles. The minimum atomic E-state index is -0.697. The Morgan fingerprint density at radius 1 is 1.29 bits per heavy atom. The lowest BCUT2D eigenvalue weighted by Crippen LogP contribution is -2.37. The molecule has 0 aliphatic heterocycles. The summed E-state index contributed by atoms with van der Waals surface area (Å²) in [6.45, 7) is 2.67. The fourth-order valence-corrected chi connectivity index (χ4v) is 2.82. The van der Waals surface area contributed by atoms with Crippen molar-refractivity contribution in [3.05, 3.63) is 29.8 Å². The fraction of sp³-hybridized carbons (Fsp3) is 0.647. The van der Waals surface area contributed by atoms with Gasteiger partial charge in [0.2, 0.25) is 0 Å². The third-order valence-corrected chi connectivity index (χ3v) is 4.40. The second kappa shape index (κ2) is 7.25. The van der Waals surface area contributed by atoms with E-state index in [1.807, 2.05) is 31.2 Å². The SMILES string of the molecule is C[C@H](CN)C(O)c1cccc(OCC2(O)CCCCC2)c1. The number of aliphatic hydroxyl groups is 2. The van der Waals surface area contributed by atoms with Gasteiger partial charge in [0.15, 0.2) is 0 Å². The number of aliphatic hydroxyl groups excluding tert-OH is 1. The number of ether oxygens (including phenoxy) is 1. The average Bonchev–Trinajstić information content (AvgIpc) is 2.52. The number of hydrogen-bond acceptors (Lipinski definition) is 4. The summed E-state index contributed by atoms with van der Waals surface area (Å²) in [5, 5.41) is 20.6. The van der Waals surface area contributed by atoms with E-state index in [9.17, 15) is 10.2 Å². The van der Waals surface area contributed by atoms with Gasteiger partial charge in [0, 0.05) is 0 Å². The van der Waals surface area contributed by atoms with Gasteiger partial charge in [-0.3, -0.25) is 0 Å². The minimum Gasteiger partial charge on any atom is -0.491 e. The molecule has 118 valence electrons. The lowest BCUT2D eigenvalue weighted by atomic mass is 9.85. The maximum atomic E-state index is 10.4. The van der Waals surface area contributed by atoms with Gasteiger partial charge < -0.3 is 20.7 Å². The van der Waals surface area contributed by atoms with Crippen molar-refractivity contribution in [2.45, 2.75) is 50.7 Å². The molecule has 4 nitrogen and oxygen atoms in total. The van der Waals surface area contributed by atoms with Gasteiger partial charge in [0.25, 0.3) is 0 Å². The molecule has 2 atom stereocenters. The molecule has 2 rings (SSSR count). The predicted molar refractivity (Wildman–Crippen MR) is 83.2 cm³/mol. The predicted octanol–water partition coefficient (Wildman–Crippen LogP) is 2.39. The molecule has 1 saturated carbocycles. The number of rotatable bonds is 6. The van der Waals surface area contributed by atoms with Crippen LogP contribution in [0.5, 0.6) is 5.75 Å². The van der Waals surface area contributed by atoms with Crippen molar-refractivity contribution in [1.29, 1.82) is 0 Å². The Morgan fingerprint density at radius 3 is 2.67 bits per heavy atom. The first-order valence-corrected chi connectivity index (χ1v) is 7.87. The van der Waals surface area contributed by atoms with Crippen molar-refractivity contribution >= 4 is 0 Å². The van der Waals surface area contributed by atoms with E-state index in [0.29, 0.717) is 18.9 Å². The Balaban J connectivity index is 1.97. The molecule has 1 aliphatic rings. The molecule has 0 saturated heterocycles. The van der Waals surface area contributed by atoms with Crippen LogP contribution in [0.25, 0.3) is 0 Å². The molecule has 4 heteroatoms. The van der Waals surface area contributed by atoms with E-state index < -0.39 is 11.7 Å². The topological polar surface area (TPSA) is 75.7 Å². The van der Waals surface area contributed by atoms with Gasteiger partial charge in [0.05, 0.1) is 11.7 Å². The molecular formula is C17H27NO3. The van der Waals surface area contributed by atoms with Crippen LogP contribution in [0, 0.1) is 5.92 Å². The van der Waals surface area contributed by atoms with Crippen molar-refractivity contribution < 1.29 is 14.9 Å². The van der Waals surface area contributed by atoms with Gasteiger partial charge in [0.1, 0.15) is 12.4 Å². The van der Waals surface area contributed by atoms with Crippen molar-refractivity contribution in [2.75, 3.05) is 13.2 Å². The summed E-state index contributed by atoms with van der Waals surface area (Å²) in [5.41, 5.74) is 5.71. The normalized spacial score (nSPS) is 20.8. The first-order valence-electron chi connectivity index (χ1n) is 7.87. The molecule has 0 amide bonds. The van der Waals surface area contributed by atoms with Gasteiger partial charge >= 0.3 is 0 Å². The van der Waals surface area contributed by atoms with Crippen molar-refractivity contribution in [2.24, 2.45) is 11.7 Å². The van der Waals surface area contributed by atoms with Gasteiger partial charge in [-0.1, -0.05) is 38.3 Å². The van der Waals surface area contributed by atoms with Crippen LogP contribution < -0.4 is 10.5 Å². The first-order chi connectivity index (χ1) is 10.0. The zero-order chi connectivity index (χ0) is 15.3. The highest BCUT2D eigenvalue weighted by molar-refractivity contribution is 5.30. The maximum absolute atomic E-state index is 10.4. The first kappa shape index (κ1) is 16.3. The van der Waals surface area contributed by atoms with E-state index in [2.05, 4.69) is 0 Å². The van der Waals surface area contributed by atoms with Crippen LogP contribution in [0.1, 0.15) is 50.7 Å². The summed E-state index contributed by atoms with van der Waals surface area (Å²) in [5.74, 6) is 0.692. The quantitative estimate of drug-likeness (QED) is 0.753. The molecule has 1 unspecified atom stereocenters. The number of benzene rings is 1. The second-order valence-electron chi connectivity index (χ2n) is 6.30. The Labute approximate surface area is 126 Å². The Bertz CT molecular complexity index is 443. The van der Waals surface area contributed by atoms with E-state index in [4.69, 9.17) is 10.5 Å². The standard InChI is InChI=1S/C17H27NO3/c1-13(11-18)16(19)14-6-5-7-15(10-14)21-12-17(20)8-3-2-4-9-17/h5-7,10,13,16,19-20H,2-4,8-9,11-12,18H2,1H3/t13-,16?/m1/s1. The monoisotopic (exact) mass is 293 g/mol. The van der Waals surface area contributed by atoms with Crippen LogP contribution in [0.15, 0.2) is 24.3 Å². The largest absolute Gasteiger partial charge is 0.491 e. The van der Waals surface area contributed by atoms with Crippen molar-refractivity contribution in [3.8, 4) is 5.75 Å². The van der Waals surface area contributed by atoms with Gasteiger partial charge in [-0.2, -0.15) is 0 Å². The molecular weight excluding hydrogens is 266 g/mol. The summed E-state index contributed by atoms with van der Waals surface area (Å²) in [4.78, 5) is 0. The van der Waals surface area contributed by atoms with Crippen LogP contribution in [0.4, 0.5) is 0 Å². The Kier molecular flexibility index (Phi) is 5.62. The van der Waals surface area contributed by atoms with Gasteiger partial charge in [-0.15, -0.1) is 0 Å². The maximum Gasteiger partial charge on any atom is 0.119 e. The lowest BCUT2D eigenvalue weighted by Gasteiger charge is -2.31. The molecule has 4 N–H and O–H groups in total. The highest BCUT2D eigenvalue weighted by Crippen LogP contribution is 2.30. The van der Waals surface area contributed by atoms with Crippen LogP contribution in [0.2, 0.25) is 0 Å². The number of nitrogens with two attached hydrogens (primary N) is 1. The molecule has 1 fully saturated rings. The Morgan fingerprint density at radius 2 is 2.00 bits per heavy atom. The molecule has 0 aromatic heterocycles. The molecule has 0 radical (unpaired) electrons.